The fourth-order valence-electron chi connectivity index (χ4n) is 2.11. The Hall–Kier alpha value is -1.69. The van der Waals surface area contributed by atoms with E-state index < -0.39 is 17.0 Å². The molecule has 0 radical (unpaired) electrons. The van der Waals surface area contributed by atoms with Crippen LogP contribution in [0.4, 0.5) is 5.69 Å². The number of carbonyl (C=O) groups excluding carboxylic acids is 1. The molecule has 0 aromatic heterocycles. The zero-order valence-electron chi connectivity index (χ0n) is 12.7. The summed E-state index contributed by atoms with van der Waals surface area (Å²) in [6.45, 7) is 2.15. The smallest absolute Gasteiger partial charge is 0.339 e. The van der Waals surface area contributed by atoms with Crippen molar-refractivity contribution >= 4 is 30.2 Å². The molecule has 1 amide bonds. The summed E-state index contributed by atoms with van der Waals surface area (Å²) < 4.78 is 0. The zero-order chi connectivity index (χ0) is 16.5. The number of unbranched alkanes of at least 4 members (excludes halogenated alkanes) is 4. The number of benzene rings is 1. The Morgan fingerprint density at radius 3 is 2.55 bits per heavy atom. The van der Waals surface area contributed by atoms with Crippen LogP contribution in [-0.4, -0.2) is 27.3 Å². The third-order valence-corrected chi connectivity index (χ3v) is 3.90. The Kier molecular flexibility index (Phi) is 7.80. The van der Waals surface area contributed by atoms with Crippen LogP contribution in [0.5, 0.6) is 5.75 Å². The summed E-state index contributed by atoms with van der Waals surface area (Å²) in [5.41, 5.74) is -0.150. The predicted molar refractivity (Wildman–Crippen MR) is 89.8 cm³/mol. The molecular weight excluding hydrogens is 302 g/mol. The van der Waals surface area contributed by atoms with Crippen molar-refractivity contribution < 1.29 is 19.8 Å². The average Bonchev–Trinajstić information content (AvgIpc) is 2.48. The molecule has 0 saturated heterocycles. The van der Waals surface area contributed by atoms with Gasteiger partial charge in [0, 0.05) is 0 Å². The molecule has 0 aliphatic heterocycles. The molecule has 1 rings (SSSR count). The van der Waals surface area contributed by atoms with E-state index in [1.54, 1.807) is 0 Å². The minimum absolute atomic E-state index is 0.0925. The standard InChI is InChI=1S/C16H23NO4S/c1-2-3-4-5-6-10-13(22)15(19)17-12-9-7-8-11(14(12)18)16(20)21/h7-9,13,18,22H,2-6,10H2,1H3,(H,17,19)(H,20,21). The molecule has 0 fully saturated rings. The van der Waals surface area contributed by atoms with Gasteiger partial charge in [0.25, 0.3) is 0 Å². The molecular formula is C16H23NO4S. The summed E-state index contributed by atoms with van der Waals surface area (Å²) in [5, 5.41) is 20.8. The first-order chi connectivity index (χ1) is 10.5. The van der Waals surface area contributed by atoms with Gasteiger partial charge in [0.05, 0.1) is 10.9 Å². The fourth-order valence-corrected chi connectivity index (χ4v) is 2.35. The van der Waals surface area contributed by atoms with Crippen LogP contribution in [0.1, 0.15) is 55.8 Å². The highest BCUT2D eigenvalue weighted by atomic mass is 32.1. The molecule has 0 aliphatic rings. The van der Waals surface area contributed by atoms with Crippen LogP contribution >= 0.6 is 12.6 Å². The van der Waals surface area contributed by atoms with Gasteiger partial charge in [-0.25, -0.2) is 4.79 Å². The number of para-hydroxylation sites is 1. The lowest BCUT2D eigenvalue weighted by atomic mass is 10.1. The molecule has 1 atom stereocenters. The number of carboxylic acid groups (broad SMARTS) is 1. The number of carboxylic acids is 1. The van der Waals surface area contributed by atoms with Crippen LogP contribution in [0.2, 0.25) is 0 Å². The van der Waals surface area contributed by atoms with Crippen LogP contribution < -0.4 is 5.32 Å². The van der Waals surface area contributed by atoms with E-state index >= 15 is 0 Å². The van der Waals surface area contributed by atoms with E-state index in [9.17, 15) is 14.7 Å². The number of amides is 1. The van der Waals surface area contributed by atoms with Crippen LogP contribution in [0.25, 0.3) is 0 Å². The molecule has 0 aliphatic carbocycles. The molecule has 5 nitrogen and oxygen atoms in total. The first kappa shape index (κ1) is 18.4. The maximum atomic E-state index is 12.0. The third kappa shape index (κ3) is 5.60. The number of hydrogen-bond acceptors (Lipinski definition) is 4. The Morgan fingerprint density at radius 1 is 1.23 bits per heavy atom. The fraction of sp³-hybridized carbons (Fsp3) is 0.500. The van der Waals surface area contributed by atoms with Gasteiger partial charge in [-0.2, -0.15) is 12.6 Å². The lowest BCUT2D eigenvalue weighted by molar-refractivity contribution is -0.115. The molecule has 0 saturated carbocycles. The van der Waals surface area contributed by atoms with Crippen LogP contribution in [0, 0.1) is 0 Å². The molecule has 3 N–H and O–H groups in total. The molecule has 1 aromatic carbocycles. The van der Waals surface area contributed by atoms with Crippen molar-refractivity contribution in [3.63, 3.8) is 0 Å². The molecule has 1 aromatic rings. The summed E-state index contributed by atoms with van der Waals surface area (Å²) in [7, 11) is 0. The van der Waals surface area contributed by atoms with Crippen molar-refractivity contribution in [3.8, 4) is 5.75 Å². The van der Waals surface area contributed by atoms with E-state index in [4.69, 9.17) is 5.11 Å². The molecule has 1 unspecified atom stereocenters. The highest BCUT2D eigenvalue weighted by Crippen LogP contribution is 2.28. The minimum Gasteiger partial charge on any atom is -0.505 e. The first-order valence-corrected chi connectivity index (χ1v) is 8.03. The number of thiol groups is 1. The molecule has 6 heteroatoms. The Bertz CT molecular complexity index is 519. The molecule has 0 spiro atoms. The van der Waals surface area contributed by atoms with Crippen molar-refractivity contribution in [2.45, 2.75) is 50.7 Å². The number of anilines is 1. The van der Waals surface area contributed by atoms with Crippen LogP contribution in [0.15, 0.2) is 18.2 Å². The molecule has 22 heavy (non-hydrogen) atoms. The summed E-state index contributed by atoms with van der Waals surface area (Å²) in [6, 6.07) is 4.21. The highest BCUT2D eigenvalue weighted by Gasteiger charge is 2.18. The Labute approximate surface area is 136 Å². The lowest BCUT2D eigenvalue weighted by Crippen LogP contribution is -2.23. The van der Waals surface area contributed by atoms with Crippen molar-refractivity contribution in [3.05, 3.63) is 23.8 Å². The normalized spacial score (nSPS) is 11.9. The summed E-state index contributed by atoms with van der Waals surface area (Å²) >= 11 is 4.27. The van der Waals surface area contributed by atoms with Gasteiger partial charge < -0.3 is 15.5 Å². The number of phenols is 1. The summed E-state index contributed by atoms with van der Waals surface area (Å²) in [5.74, 6) is -2.02. The van der Waals surface area contributed by atoms with Gasteiger partial charge >= 0.3 is 5.97 Å². The SMILES string of the molecule is CCCCCCCC(S)C(=O)Nc1cccc(C(=O)O)c1O. The van der Waals surface area contributed by atoms with Gasteiger partial charge in [0.15, 0.2) is 5.75 Å². The lowest BCUT2D eigenvalue weighted by Gasteiger charge is -2.13. The van der Waals surface area contributed by atoms with Gasteiger partial charge in [0.1, 0.15) is 5.56 Å². The topological polar surface area (TPSA) is 86.6 Å². The van der Waals surface area contributed by atoms with Gasteiger partial charge in [-0.15, -0.1) is 0 Å². The maximum Gasteiger partial charge on any atom is 0.339 e. The van der Waals surface area contributed by atoms with E-state index in [1.165, 1.54) is 31.0 Å². The van der Waals surface area contributed by atoms with Gasteiger partial charge in [-0.1, -0.05) is 45.1 Å². The number of carbonyl (C=O) groups is 2. The largest absolute Gasteiger partial charge is 0.505 e. The zero-order valence-corrected chi connectivity index (χ0v) is 13.6. The first-order valence-electron chi connectivity index (χ1n) is 7.51. The molecule has 0 heterocycles. The predicted octanol–water partition coefficient (Wildman–Crippen LogP) is 3.69. The second-order valence-electron chi connectivity index (χ2n) is 5.21. The van der Waals surface area contributed by atoms with Crippen molar-refractivity contribution in [1.29, 1.82) is 0 Å². The third-order valence-electron chi connectivity index (χ3n) is 3.41. The second-order valence-corrected chi connectivity index (χ2v) is 5.84. The van der Waals surface area contributed by atoms with E-state index in [-0.39, 0.29) is 17.2 Å². The van der Waals surface area contributed by atoms with Gasteiger partial charge in [0.2, 0.25) is 5.91 Å². The monoisotopic (exact) mass is 325 g/mol. The van der Waals surface area contributed by atoms with E-state index in [1.807, 2.05) is 0 Å². The minimum atomic E-state index is -1.24. The number of rotatable bonds is 9. The van der Waals surface area contributed by atoms with E-state index in [0.29, 0.717) is 6.42 Å². The van der Waals surface area contributed by atoms with Gasteiger partial charge in [-0.3, -0.25) is 4.79 Å². The summed E-state index contributed by atoms with van der Waals surface area (Å²) in [6.07, 6.45) is 6.15. The Morgan fingerprint density at radius 2 is 1.91 bits per heavy atom. The van der Waals surface area contributed by atoms with Crippen molar-refractivity contribution in [2.75, 3.05) is 5.32 Å². The van der Waals surface area contributed by atoms with Crippen molar-refractivity contribution in [2.24, 2.45) is 0 Å². The maximum absolute atomic E-state index is 12.0. The molecule has 122 valence electrons. The van der Waals surface area contributed by atoms with Gasteiger partial charge in [-0.05, 0) is 18.6 Å². The molecule has 0 bridgehead atoms. The number of aromatic hydroxyl groups is 1. The number of aromatic carboxylic acids is 1. The highest BCUT2D eigenvalue weighted by molar-refractivity contribution is 7.81. The average molecular weight is 325 g/mol. The quantitative estimate of drug-likeness (QED) is 0.317. The van der Waals surface area contributed by atoms with Crippen LogP contribution in [0.3, 0.4) is 0 Å². The van der Waals surface area contributed by atoms with E-state index in [0.717, 1.165) is 19.3 Å². The van der Waals surface area contributed by atoms with E-state index in [2.05, 4.69) is 24.9 Å². The Balaban J connectivity index is 2.54. The van der Waals surface area contributed by atoms with Crippen LogP contribution in [-0.2, 0) is 4.79 Å². The second kappa shape index (κ2) is 9.35. The number of nitrogens with one attached hydrogen (secondary N) is 1. The van der Waals surface area contributed by atoms with Crippen molar-refractivity contribution in [1.82, 2.24) is 0 Å². The summed E-state index contributed by atoms with van der Waals surface area (Å²) in [4.78, 5) is 23.0. The number of hydrogen-bond donors (Lipinski definition) is 4.